The lowest BCUT2D eigenvalue weighted by atomic mass is 9.79. The van der Waals surface area contributed by atoms with E-state index >= 15 is 0 Å². The maximum Gasteiger partial charge on any atom is 0.217 e. The lowest BCUT2D eigenvalue weighted by molar-refractivity contribution is -0.120. The van der Waals surface area contributed by atoms with Crippen LogP contribution >= 0.6 is 0 Å². The molecule has 6 nitrogen and oxygen atoms in total. The van der Waals surface area contributed by atoms with Gasteiger partial charge in [0, 0.05) is 32.5 Å². The number of amides is 1. The summed E-state index contributed by atoms with van der Waals surface area (Å²) in [6.07, 6.45) is 2.94. The first-order valence-corrected chi connectivity index (χ1v) is 8.90. The standard InChI is InChI=1S/C19H27N5O/c1-14(25)20-17-11-16(12-17)19-22-21-18(24(19)3)13-23(2)10-9-15-7-5-4-6-8-15/h4-8,16-17H,9-13H2,1-3H3,(H,20,25). The highest BCUT2D eigenvalue weighted by Crippen LogP contribution is 2.35. The molecular weight excluding hydrogens is 314 g/mol. The van der Waals surface area contributed by atoms with Crippen LogP contribution in [0.25, 0.3) is 0 Å². The molecule has 0 atom stereocenters. The average Bonchev–Trinajstić information content (AvgIpc) is 2.90. The van der Waals surface area contributed by atoms with Gasteiger partial charge in [0.15, 0.2) is 0 Å². The van der Waals surface area contributed by atoms with Crippen molar-refractivity contribution in [2.24, 2.45) is 7.05 Å². The monoisotopic (exact) mass is 341 g/mol. The molecule has 1 saturated carbocycles. The van der Waals surface area contributed by atoms with Crippen LogP contribution in [0.1, 0.15) is 42.9 Å². The lowest BCUT2D eigenvalue weighted by Crippen LogP contribution is -2.43. The Morgan fingerprint density at radius 3 is 2.68 bits per heavy atom. The zero-order chi connectivity index (χ0) is 17.8. The molecule has 1 N–H and O–H groups in total. The molecule has 1 aromatic heterocycles. The van der Waals surface area contributed by atoms with E-state index in [-0.39, 0.29) is 11.9 Å². The minimum Gasteiger partial charge on any atom is -0.354 e. The minimum atomic E-state index is 0.0437. The van der Waals surface area contributed by atoms with Crippen LogP contribution in [0.5, 0.6) is 0 Å². The average molecular weight is 341 g/mol. The quantitative estimate of drug-likeness (QED) is 0.835. The molecule has 25 heavy (non-hydrogen) atoms. The molecule has 0 aliphatic heterocycles. The zero-order valence-electron chi connectivity index (χ0n) is 15.3. The van der Waals surface area contributed by atoms with Crippen LogP contribution in [0.15, 0.2) is 30.3 Å². The van der Waals surface area contributed by atoms with Gasteiger partial charge in [-0.05, 0) is 31.9 Å². The fourth-order valence-corrected chi connectivity index (χ4v) is 3.39. The van der Waals surface area contributed by atoms with E-state index in [4.69, 9.17) is 0 Å². The van der Waals surface area contributed by atoms with E-state index in [0.717, 1.165) is 44.0 Å². The minimum absolute atomic E-state index is 0.0437. The van der Waals surface area contributed by atoms with Crippen LogP contribution in [0, 0.1) is 0 Å². The Kier molecular flexibility index (Phi) is 5.48. The second-order valence-electron chi connectivity index (χ2n) is 7.07. The molecule has 1 aliphatic carbocycles. The van der Waals surface area contributed by atoms with Crippen molar-refractivity contribution in [2.45, 2.75) is 44.7 Å². The molecule has 0 bridgehead atoms. The van der Waals surface area contributed by atoms with Crippen molar-refractivity contribution in [3.63, 3.8) is 0 Å². The summed E-state index contributed by atoms with van der Waals surface area (Å²) in [6, 6.07) is 10.8. The molecule has 134 valence electrons. The summed E-state index contributed by atoms with van der Waals surface area (Å²) in [5, 5.41) is 11.7. The third-order valence-electron chi connectivity index (χ3n) is 4.95. The summed E-state index contributed by atoms with van der Waals surface area (Å²) >= 11 is 0. The molecular formula is C19H27N5O. The fraction of sp³-hybridized carbons (Fsp3) is 0.526. The van der Waals surface area contributed by atoms with Crippen molar-refractivity contribution in [1.29, 1.82) is 0 Å². The van der Waals surface area contributed by atoms with Crippen molar-refractivity contribution in [2.75, 3.05) is 13.6 Å². The second-order valence-corrected chi connectivity index (χ2v) is 7.07. The van der Waals surface area contributed by atoms with E-state index in [0.29, 0.717) is 5.92 Å². The predicted molar refractivity (Wildman–Crippen MR) is 97.1 cm³/mol. The molecule has 0 unspecified atom stereocenters. The predicted octanol–water partition coefficient (Wildman–Crippen LogP) is 1.87. The van der Waals surface area contributed by atoms with Crippen LogP contribution in [0.3, 0.4) is 0 Å². The molecule has 0 radical (unpaired) electrons. The molecule has 0 spiro atoms. The largest absolute Gasteiger partial charge is 0.354 e. The summed E-state index contributed by atoms with van der Waals surface area (Å²) in [5.74, 6) is 2.47. The molecule has 1 aromatic carbocycles. The highest BCUT2D eigenvalue weighted by atomic mass is 16.1. The van der Waals surface area contributed by atoms with Crippen molar-refractivity contribution in [1.82, 2.24) is 25.0 Å². The summed E-state index contributed by atoms with van der Waals surface area (Å²) in [4.78, 5) is 13.4. The zero-order valence-corrected chi connectivity index (χ0v) is 15.3. The van der Waals surface area contributed by atoms with Gasteiger partial charge in [-0.3, -0.25) is 9.69 Å². The third-order valence-corrected chi connectivity index (χ3v) is 4.95. The normalized spacial score (nSPS) is 19.7. The smallest absolute Gasteiger partial charge is 0.217 e. The van der Waals surface area contributed by atoms with Gasteiger partial charge in [0.2, 0.25) is 5.91 Å². The van der Waals surface area contributed by atoms with Crippen molar-refractivity contribution in [3.8, 4) is 0 Å². The summed E-state index contributed by atoms with van der Waals surface area (Å²) in [5.41, 5.74) is 1.35. The van der Waals surface area contributed by atoms with Crippen molar-refractivity contribution >= 4 is 5.91 Å². The topological polar surface area (TPSA) is 63.1 Å². The van der Waals surface area contributed by atoms with E-state index in [1.807, 2.05) is 13.1 Å². The van der Waals surface area contributed by atoms with Gasteiger partial charge < -0.3 is 9.88 Å². The van der Waals surface area contributed by atoms with Gasteiger partial charge in [-0.2, -0.15) is 0 Å². The maximum atomic E-state index is 11.1. The van der Waals surface area contributed by atoms with Crippen molar-refractivity contribution in [3.05, 3.63) is 47.5 Å². The summed E-state index contributed by atoms with van der Waals surface area (Å²) in [6.45, 7) is 3.34. The molecule has 1 aliphatic rings. The first-order valence-electron chi connectivity index (χ1n) is 8.90. The van der Waals surface area contributed by atoms with Crippen LogP contribution in [-0.4, -0.2) is 45.2 Å². The first-order chi connectivity index (χ1) is 12.0. The molecule has 2 aromatic rings. The Morgan fingerprint density at radius 1 is 1.28 bits per heavy atom. The van der Waals surface area contributed by atoms with E-state index in [1.54, 1.807) is 6.92 Å². The number of carbonyl (C=O) groups excluding carboxylic acids is 1. The van der Waals surface area contributed by atoms with Crippen LogP contribution < -0.4 is 5.32 Å². The van der Waals surface area contributed by atoms with Crippen molar-refractivity contribution < 1.29 is 4.79 Å². The number of aromatic nitrogens is 3. The lowest BCUT2D eigenvalue weighted by Gasteiger charge is -2.34. The molecule has 3 rings (SSSR count). The Morgan fingerprint density at radius 2 is 2.00 bits per heavy atom. The Bertz CT molecular complexity index is 706. The van der Waals surface area contributed by atoms with Crippen LogP contribution in [0.4, 0.5) is 0 Å². The SMILES string of the molecule is CC(=O)NC1CC(c2nnc(CN(C)CCc3ccccc3)n2C)C1. The van der Waals surface area contributed by atoms with Gasteiger partial charge in [-0.15, -0.1) is 10.2 Å². The Hall–Kier alpha value is -2.21. The van der Waals surface area contributed by atoms with Gasteiger partial charge >= 0.3 is 0 Å². The van der Waals surface area contributed by atoms with Gasteiger partial charge in [0.05, 0.1) is 6.54 Å². The van der Waals surface area contributed by atoms with E-state index < -0.39 is 0 Å². The Labute approximate surface area is 149 Å². The number of nitrogens with zero attached hydrogens (tertiary/aromatic N) is 4. The number of nitrogens with one attached hydrogen (secondary N) is 1. The van der Waals surface area contributed by atoms with Gasteiger partial charge in [-0.25, -0.2) is 0 Å². The van der Waals surface area contributed by atoms with Gasteiger partial charge in [0.1, 0.15) is 11.6 Å². The number of rotatable bonds is 7. The first kappa shape index (κ1) is 17.6. The molecule has 0 saturated heterocycles. The number of likely N-dealkylation sites (N-methyl/N-ethyl adjacent to an activating group) is 1. The van der Waals surface area contributed by atoms with E-state index in [1.165, 1.54) is 5.56 Å². The number of hydrogen-bond donors (Lipinski definition) is 1. The molecule has 6 heteroatoms. The third kappa shape index (κ3) is 4.45. The number of hydrogen-bond acceptors (Lipinski definition) is 4. The highest BCUT2D eigenvalue weighted by Gasteiger charge is 2.34. The summed E-state index contributed by atoms with van der Waals surface area (Å²) in [7, 11) is 4.16. The van der Waals surface area contributed by atoms with Gasteiger partial charge in [0.25, 0.3) is 0 Å². The molecule has 1 amide bonds. The number of carbonyl (C=O) groups is 1. The maximum absolute atomic E-state index is 11.1. The second kappa shape index (κ2) is 7.78. The highest BCUT2D eigenvalue weighted by molar-refractivity contribution is 5.73. The fourth-order valence-electron chi connectivity index (χ4n) is 3.39. The molecule has 1 fully saturated rings. The number of benzene rings is 1. The van der Waals surface area contributed by atoms with E-state index in [2.05, 4.69) is 56.3 Å². The van der Waals surface area contributed by atoms with Gasteiger partial charge in [-0.1, -0.05) is 30.3 Å². The van der Waals surface area contributed by atoms with Crippen LogP contribution in [0.2, 0.25) is 0 Å². The summed E-state index contributed by atoms with van der Waals surface area (Å²) < 4.78 is 2.12. The Balaban J connectivity index is 1.50. The molecule has 1 heterocycles. The van der Waals surface area contributed by atoms with Crippen LogP contribution in [-0.2, 0) is 24.8 Å². The van der Waals surface area contributed by atoms with E-state index in [9.17, 15) is 4.79 Å².